The quantitative estimate of drug-likeness (QED) is 0.897. The fraction of sp³-hybridized carbons (Fsp3) is 0.429. The Morgan fingerprint density at radius 1 is 1.40 bits per heavy atom. The highest BCUT2D eigenvalue weighted by Crippen LogP contribution is 2.25. The summed E-state index contributed by atoms with van der Waals surface area (Å²) in [4.78, 5) is 25.0. The van der Waals surface area contributed by atoms with Gasteiger partial charge in [-0.15, -0.1) is 0 Å². The minimum atomic E-state index is -0.294. The van der Waals surface area contributed by atoms with E-state index in [4.69, 9.17) is 11.6 Å². The Hall–Kier alpha value is -1.75. The van der Waals surface area contributed by atoms with Crippen LogP contribution < -0.4 is 10.6 Å². The second-order valence-electron chi connectivity index (χ2n) is 4.76. The van der Waals surface area contributed by atoms with Crippen LogP contribution in [0.5, 0.6) is 0 Å². The first-order valence-electron chi connectivity index (χ1n) is 6.35. The number of carbonyl (C=O) groups is 2. The predicted octanol–water partition coefficient (Wildman–Crippen LogP) is 2.49. The molecule has 0 saturated carbocycles. The number of benzene rings is 1. The fourth-order valence-corrected chi connectivity index (χ4v) is 2.08. The van der Waals surface area contributed by atoms with Crippen molar-refractivity contribution in [2.24, 2.45) is 5.92 Å². The summed E-state index contributed by atoms with van der Waals surface area (Å²) in [7, 11) is 3.22. The molecule has 0 heterocycles. The van der Waals surface area contributed by atoms with E-state index >= 15 is 0 Å². The first kappa shape index (κ1) is 16.3. The number of anilines is 1. The van der Waals surface area contributed by atoms with Gasteiger partial charge in [0.25, 0.3) is 0 Å². The maximum absolute atomic E-state index is 12.1. The van der Waals surface area contributed by atoms with Crippen LogP contribution in [-0.4, -0.2) is 37.5 Å². The van der Waals surface area contributed by atoms with Gasteiger partial charge in [0.1, 0.15) is 0 Å². The third-order valence-electron chi connectivity index (χ3n) is 3.04. The van der Waals surface area contributed by atoms with Crippen LogP contribution in [0.15, 0.2) is 18.2 Å². The molecule has 0 unspecified atom stereocenters. The van der Waals surface area contributed by atoms with Gasteiger partial charge in [-0.1, -0.05) is 30.7 Å². The van der Waals surface area contributed by atoms with Crippen LogP contribution >= 0.6 is 11.6 Å². The van der Waals surface area contributed by atoms with Gasteiger partial charge in [-0.2, -0.15) is 0 Å². The highest BCUT2D eigenvalue weighted by Gasteiger charge is 2.18. The number of nitrogens with one attached hydrogen (secondary N) is 2. The smallest absolute Gasteiger partial charge is 0.321 e. The number of rotatable bonds is 4. The summed E-state index contributed by atoms with van der Waals surface area (Å²) in [6.45, 7) is 3.97. The minimum Gasteiger partial charge on any atom is -0.359 e. The van der Waals surface area contributed by atoms with E-state index in [9.17, 15) is 9.59 Å². The lowest BCUT2D eigenvalue weighted by Gasteiger charge is -2.22. The predicted molar refractivity (Wildman–Crippen MR) is 81.1 cm³/mol. The Balaban J connectivity index is 2.69. The van der Waals surface area contributed by atoms with Gasteiger partial charge in [-0.25, -0.2) is 4.79 Å². The summed E-state index contributed by atoms with van der Waals surface area (Å²) in [5, 5.41) is 5.81. The molecule has 1 aromatic carbocycles. The van der Waals surface area contributed by atoms with Crippen molar-refractivity contribution < 1.29 is 9.59 Å². The van der Waals surface area contributed by atoms with Crippen LogP contribution in [0.2, 0.25) is 5.02 Å². The molecule has 1 rings (SSSR count). The fourth-order valence-electron chi connectivity index (χ4n) is 1.82. The molecule has 0 fully saturated rings. The van der Waals surface area contributed by atoms with E-state index < -0.39 is 0 Å². The number of urea groups is 1. The molecule has 2 N–H and O–H groups in total. The van der Waals surface area contributed by atoms with E-state index in [0.717, 1.165) is 5.56 Å². The summed E-state index contributed by atoms with van der Waals surface area (Å²) in [5.41, 5.74) is 1.48. The van der Waals surface area contributed by atoms with E-state index in [1.165, 1.54) is 4.90 Å². The molecule has 0 aromatic heterocycles. The standard InChI is InChI=1S/C14H20ClN3O2/c1-9-6-5-7-11(15)12(9)17-14(20)18(4)8-10(2)13(19)16-3/h5-7,10H,8H2,1-4H3,(H,16,19)(H,17,20)/t10-/m1/s1. The molecule has 0 aliphatic heterocycles. The van der Waals surface area contributed by atoms with Crippen LogP contribution in [0.3, 0.4) is 0 Å². The number of amides is 3. The topological polar surface area (TPSA) is 61.4 Å². The molecule has 0 spiro atoms. The van der Waals surface area contributed by atoms with Gasteiger partial charge in [-0.3, -0.25) is 4.79 Å². The summed E-state index contributed by atoms with van der Waals surface area (Å²) in [6, 6.07) is 5.12. The van der Waals surface area contributed by atoms with Crippen LogP contribution in [0.1, 0.15) is 12.5 Å². The third-order valence-corrected chi connectivity index (χ3v) is 3.36. The Bertz CT molecular complexity index is 485. The van der Waals surface area contributed by atoms with Crippen molar-refractivity contribution in [1.82, 2.24) is 10.2 Å². The van der Waals surface area contributed by atoms with Gasteiger partial charge in [-0.05, 0) is 18.6 Å². The van der Waals surface area contributed by atoms with E-state index in [2.05, 4.69) is 10.6 Å². The molecule has 1 atom stereocenters. The number of halogens is 1. The second kappa shape index (κ2) is 7.14. The van der Waals surface area contributed by atoms with Crippen LogP contribution in [0, 0.1) is 12.8 Å². The molecule has 110 valence electrons. The number of hydrogen-bond donors (Lipinski definition) is 2. The molecule has 0 saturated heterocycles. The number of hydrogen-bond acceptors (Lipinski definition) is 2. The van der Waals surface area contributed by atoms with Crippen molar-refractivity contribution in [3.8, 4) is 0 Å². The van der Waals surface area contributed by atoms with Crippen molar-refractivity contribution in [3.05, 3.63) is 28.8 Å². The maximum Gasteiger partial charge on any atom is 0.321 e. The Kier molecular flexibility index (Phi) is 5.82. The van der Waals surface area contributed by atoms with E-state index in [0.29, 0.717) is 17.3 Å². The summed E-state index contributed by atoms with van der Waals surface area (Å²) < 4.78 is 0. The Morgan fingerprint density at radius 2 is 2.05 bits per heavy atom. The molecular formula is C14H20ClN3O2. The van der Waals surface area contributed by atoms with Crippen molar-refractivity contribution in [3.63, 3.8) is 0 Å². The summed E-state index contributed by atoms with van der Waals surface area (Å²) in [5.74, 6) is -0.373. The highest BCUT2D eigenvalue weighted by atomic mass is 35.5. The average molecular weight is 298 g/mol. The minimum absolute atomic E-state index is 0.0985. The van der Waals surface area contributed by atoms with Crippen LogP contribution in [-0.2, 0) is 4.79 Å². The largest absolute Gasteiger partial charge is 0.359 e. The van der Waals surface area contributed by atoms with E-state index in [1.54, 1.807) is 27.1 Å². The van der Waals surface area contributed by atoms with Crippen LogP contribution in [0.4, 0.5) is 10.5 Å². The lowest BCUT2D eigenvalue weighted by atomic mass is 10.1. The van der Waals surface area contributed by atoms with Gasteiger partial charge in [0, 0.05) is 20.6 Å². The SMILES string of the molecule is CNC(=O)[C@H](C)CN(C)C(=O)Nc1c(C)cccc1Cl. The molecule has 1 aromatic rings. The zero-order valence-corrected chi connectivity index (χ0v) is 12.9. The zero-order valence-electron chi connectivity index (χ0n) is 12.2. The maximum atomic E-state index is 12.1. The second-order valence-corrected chi connectivity index (χ2v) is 5.16. The average Bonchev–Trinajstić information content (AvgIpc) is 2.41. The molecule has 6 heteroatoms. The van der Waals surface area contributed by atoms with E-state index in [1.807, 2.05) is 19.1 Å². The molecule has 0 aliphatic rings. The molecule has 5 nitrogen and oxygen atoms in total. The van der Waals surface area contributed by atoms with Gasteiger partial charge in [0.15, 0.2) is 0 Å². The summed E-state index contributed by atoms with van der Waals surface area (Å²) >= 11 is 6.06. The number of carbonyl (C=O) groups excluding carboxylic acids is 2. The molecule has 20 heavy (non-hydrogen) atoms. The zero-order chi connectivity index (χ0) is 15.3. The first-order valence-corrected chi connectivity index (χ1v) is 6.73. The lowest BCUT2D eigenvalue weighted by molar-refractivity contribution is -0.124. The van der Waals surface area contributed by atoms with Gasteiger partial charge in [0.05, 0.1) is 16.6 Å². The molecular weight excluding hydrogens is 278 g/mol. The van der Waals surface area contributed by atoms with Crippen molar-refractivity contribution in [2.75, 3.05) is 26.0 Å². The van der Waals surface area contributed by atoms with Crippen molar-refractivity contribution >= 4 is 29.2 Å². The highest BCUT2D eigenvalue weighted by molar-refractivity contribution is 6.33. The lowest BCUT2D eigenvalue weighted by Crippen LogP contribution is -2.39. The molecule has 3 amide bonds. The molecule has 0 radical (unpaired) electrons. The molecule has 0 bridgehead atoms. The number of para-hydroxylation sites is 1. The normalized spacial score (nSPS) is 11.7. The van der Waals surface area contributed by atoms with E-state index in [-0.39, 0.29) is 17.9 Å². The monoisotopic (exact) mass is 297 g/mol. The third kappa shape index (κ3) is 4.13. The van der Waals surface area contributed by atoms with Gasteiger partial charge in [0.2, 0.25) is 5.91 Å². The summed E-state index contributed by atoms with van der Waals surface area (Å²) in [6.07, 6.45) is 0. The molecule has 0 aliphatic carbocycles. The van der Waals surface area contributed by atoms with Gasteiger partial charge < -0.3 is 15.5 Å². The van der Waals surface area contributed by atoms with Crippen LogP contribution in [0.25, 0.3) is 0 Å². The van der Waals surface area contributed by atoms with Crippen molar-refractivity contribution in [1.29, 1.82) is 0 Å². The number of nitrogens with zero attached hydrogens (tertiary/aromatic N) is 1. The Morgan fingerprint density at radius 3 is 2.60 bits per heavy atom. The number of aryl methyl sites for hydroxylation is 1. The van der Waals surface area contributed by atoms with Gasteiger partial charge >= 0.3 is 6.03 Å². The first-order chi connectivity index (χ1) is 9.36. The Labute approximate surface area is 124 Å². The van der Waals surface area contributed by atoms with Crippen molar-refractivity contribution in [2.45, 2.75) is 13.8 Å².